The Bertz CT molecular complexity index is 700. The van der Waals surface area contributed by atoms with E-state index in [0.29, 0.717) is 11.3 Å². The lowest BCUT2D eigenvalue weighted by atomic mass is 10.2. The molecule has 0 saturated carbocycles. The summed E-state index contributed by atoms with van der Waals surface area (Å²) >= 11 is 0. The van der Waals surface area contributed by atoms with Gasteiger partial charge < -0.3 is 10.5 Å². The first-order chi connectivity index (χ1) is 9.99. The van der Waals surface area contributed by atoms with Crippen LogP contribution in [0.3, 0.4) is 0 Å². The summed E-state index contributed by atoms with van der Waals surface area (Å²) in [4.78, 5) is 14.5. The Hall–Kier alpha value is -2.96. The predicted molar refractivity (Wildman–Crippen MR) is 77.4 cm³/mol. The van der Waals surface area contributed by atoms with Gasteiger partial charge in [0.1, 0.15) is 18.1 Å². The van der Waals surface area contributed by atoms with E-state index in [4.69, 9.17) is 15.9 Å². The first kappa shape index (κ1) is 14.4. The third-order valence-electron chi connectivity index (χ3n) is 2.84. The molecule has 7 nitrogen and oxygen atoms in total. The summed E-state index contributed by atoms with van der Waals surface area (Å²) < 4.78 is 5.50. The number of nitro groups is 1. The topological polar surface area (TPSA) is 115 Å². The van der Waals surface area contributed by atoms with Gasteiger partial charge in [-0.25, -0.2) is 0 Å². The van der Waals surface area contributed by atoms with Gasteiger partial charge in [-0.05, 0) is 24.6 Å². The zero-order chi connectivity index (χ0) is 15.4. The zero-order valence-electron chi connectivity index (χ0n) is 11.4. The Balaban J connectivity index is 2.25. The third-order valence-corrected chi connectivity index (χ3v) is 2.84. The minimum atomic E-state index is -0.489. The number of rotatable bonds is 5. The van der Waals surface area contributed by atoms with Gasteiger partial charge in [0.2, 0.25) is 0 Å². The molecule has 108 valence electrons. The number of pyridine rings is 1. The Labute approximate surface area is 121 Å². The third kappa shape index (κ3) is 3.33. The van der Waals surface area contributed by atoms with E-state index in [9.17, 15) is 10.1 Å². The van der Waals surface area contributed by atoms with Gasteiger partial charge in [0.15, 0.2) is 5.75 Å². The molecule has 0 aliphatic carbocycles. The highest BCUT2D eigenvalue weighted by Gasteiger charge is 2.16. The number of nitrogen functional groups attached to an aromatic ring is 1. The van der Waals surface area contributed by atoms with Crippen molar-refractivity contribution in [3.8, 4) is 5.75 Å². The normalized spacial score (nSPS) is 10.1. The summed E-state index contributed by atoms with van der Waals surface area (Å²) in [7, 11) is 0. The molecule has 0 radical (unpaired) electrons. The quantitative estimate of drug-likeness (QED) is 0.378. The SMILES string of the molecule is Cc1ccc(OCc2cccnc2C(=N)N)c([N+](=O)[O-])c1. The maximum atomic E-state index is 11.0. The van der Waals surface area contributed by atoms with Gasteiger partial charge in [-0.3, -0.25) is 20.5 Å². The van der Waals surface area contributed by atoms with E-state index in [-0.39, 0.29) is 23.9 Å². The van der Waals surface area contributed by atoms with Gasteiger partial charge in [-0.1, -0.05) is 12.1 Å². The average molecular weight is 286 g/mol. The molecule has 0 saturated heterocycles. The average Bonchev–Trinajstić information content (AvgIpc) is 2.46. The van der Waals surface area contributed by atoms with E-state index < -0.39 is 4.92 Å². The second-order valence-electron chi connectivity index (χ2n) is 4.44. The lowest BCUT2D eigenvalue weighted by molar-refractivity contribution is -0.386. The van der Waals surface area contributed by atoms with Crippen LogP contribution < -0.4 is 10.5 Å². The van der Waals surface area contributed by atoms with Crippen molar-refractivity contribution in [3.05, 3.63) is 63.5 Å². The fraction of sp³-hybridized carbons (Fsp3) is 0.143. The van der Waals surface area contributed by atoms with Crippen LogP contribution in [0, 0.1) is 22.4 Å². The van der Waals surface area contributed by atoms with Gasteiger partial charge in [-0.2, -0.15) is 0 Å². The highest BCUT2D eigenvalue weighted by atomic mass is 16.6. The predicted octanol–water partition coefficient (Wildman–Crippen LogP) is 2.16. The van der Waals surface area contributed by atoms with Crippen molar-refractivity contribution >= 4 is 11.5 Å². The van der Waals surface area contributed by atoms with Gasteiger partial charge in [0, 0.05) is 17.8 Å². The molecule has 0 fully saturated rings. The maximum absolute atomic E-state index is 11.0. The summed E-state index contributed by atoms with van der Waals surface area (Å²) in [5.41, 5.74) is 7.03. The lowest BCUT2D eigenvalue weighted by Crippen LogP contribution is -2.16. The molecule has 1 aromatic heterocycles. The highest BCUT2D eigenvalue weighted by Crippen LogP contribution is 2.28. The van der Waals surface area contributed by atoms with Crippen LogP contribution in [0.1, 0.15) is 16.8 Å². The number of nitro benzene ring substituents is 1. The van der Waals surface area contributed by atoms with Crippen molar-refractivity contribution in [2.45, 2.75) is 13.5 Å². The number of aromatic nitrogens is 1. The van der Waals surface area contributed by atoms with Crippen molar-refractivity contribution in [1.29, 1.82) is 5.41 Å². The van der Waals surface area contributed by atoms with E-state index in [1.807, 2.05) is 0 Å². The highest BCUT2D eigenvalue weighted by molar-refractivity contribution is 5.94. The monoisotopic (exact) mass is 286 g/mol. The van der Waals surface area contributed by atoms with Crippen LogP contribution >= 0.6 is 0 Å². The number of nitrogens with one attached hydrogen (secondary N) is 1. The number of ether oxygens (including phenoxy) is 1. The summed E-state index contributed by atoms with van der Waals surface area (Å²) in [6, 6.07) is 8.14. The van der Waals surface area contributed by atoms with E-state index in [2.05, 4.69) is 4.98 Å². The van der Waals surface area contributed by atoms with E-state index in [0.717, 1.165) is 5.56 Å². The number of benzene rings is 1. The molecule has 7 heteroatoms. The second-order valence-corrected chi connectivity index (χ2v) is 4.44. The number of hydrogen-bond donors (Lipinski definition) is 2. The molecule has 2 rings (SSSR count). The molecule has 1 heterocycles. The Kier molecular flexibility index (Phi) is 4.13. The van der Waals surface area contributed by atoms with Crippen LogP contribution in [0.2, 0.25) is 0 Å². The zero-order valence-corrected chi connectivity index (χ0v) is 11.4. The van der Waals surface area contributed by atoms with Crippen LogP contribution in [-0.4, -0.2) is 15.7 Å². The minimum absolute atomic E-state index is 0.0483. The molecular formula is C14H14N4O3. The maximum Gasteiger partial charge on any atom is 0.311 e. The molecule has 0 aliphatic heterocycles. The van der Waals surface area contributed by atoms with Crippen LogP contribution in [0.4, 0.5) is 5.69 Å². The van der Waals surface area contributed by atoms with Crippen molar-refractivity contribution in [3.63, 3.8) is 0 Å². The van der Waals surface area contributed by atoms with Gasteiger partial charge in [0.25, 0.3) is 0 Å². The van der Waals surface area contributed by atoms with Crippen LogP contribution in [0.15, 0.2) is 36.5 Å². The van der Waals surface area contributed by atoms with Crippen molar-refractivity contribution in [1.82, 2.24) is 4.98 Å². The van der Waals surface area contributed by atoms with Crippen LogP contribution in [0.5, 0.6) is 5.75 Å². The standard InChI is InChI=1S/C14H14N4O3/c1-9-4-5-12(11(7-9)18(19)20)21-8-10-3-2-6-17-13(10)14(15)16/h2-7H,8H2,1H3,(H3,15,16). The van der Waals surface area contributed by atoms with Gasteiger partial charge in [0.05, 0.1) is 4.92 Å². The fourth-order valence-corrected chi connectivity index (χ4v) is 1.85. The molecule has 2 aromatic rings. The first-order valence-electron chi connectivity index (χ1n) is 6.15. The largest absolute Gasteiger partial charge is 0.482 e. The number of amidine groups is 1. The molecule has 3 N–H and O–H groups in total. The number of nitrogens with zero attached hydrogens (tertiary/aromatic N) is 2. The molecule has 1 aromatic carbocycles. The lowest BCUT2D eigenvalue weighted by Gasteiger charge is -2.10. The first-order valence-corrected chi connectivity index (χ1v) is 6.15. The summed E-state index contributed by atoms with van der Waals surface area (Å²) in [6.45, 7) is 1.82. The molecule has 21 heavy (non-hydrogen) atoms. The van der Waals surface area contributed by atoms with Crippen LogP contribution in [0.25, 0.3) is 0 Å². The van der Waals surface area contributed by atoms with Gasteiger partial charge in [-0.15, -0.1) is 0 Å². The molecule has 0 unspecified atom stereocenters. The Morgan fingerprint density at radius 3 is 2.90 bits per heavy atom. The minimum Gasteiger partial charge on any atom is -0.482 e. The number of hydrogen-bond acceptors (Lipinski definition) is 5. The van der Waals surface area contributed by atoms with Crippen LogP contribution in [-0.2, 0) is 6.61 Å². The Morgan fingerprint density at radius 1 is 1.48 bits per heavy atom. The van der Waals surface area contributed by atoms with E-state index in [1.54, 1.807) is 31.2 Å². The van der Waals surface area contributed by atoms with Crippen molar-refractivity contribution < 1.29 is 9.66 Å². The van der Waals surface area contributed by atoms with E-state index >= 15 is 0 Å². The molecule has 0 amide bonds. The fourth-order valence-electron chi connectivity index (χ4n) is 1.85. The molecule has 0 bridgehead atoms. The van der Waals surface area contributed by atoms with Gasteiger partial charge >= 0.3 is 5.69 Å². The molecule has 0 spiro atoms. The second kappa shape index (κ2) is 6.00. The summed E-state index contributed by atoms with van der Waals surface area (Å²) in [5, 5.41) is 18.5. The smallest absolute Gasteiger partial charge is 0.311 e. The Morgan fingerprint density at radius 2 is 2.24 bits per heavy atom. The molecule has 0 aliphatic rings. The van der Waals surface area contributed by atoms with E-state index in [1.165, 1.54) is 12.3 Å². The number of aryl methyl sites for hydroxylation is 1. The van der Waals surface area contributed by atoms with Crippen molar-refractivity contribution in [2.24, 2.45) is 5.73 Å². The molecule has 0 atom stereocenters. The van der Waals surface area contributed by atoms with Crippen molar-refractivity contribution in [2.75, 3.05) is 0 Å². The summed E-state index contributed by atoms with van der Waals surface area (Å²) in [5.74, 6) is -0.00318. The summed E-state index contributed by atoms with van der Waals surface area (Å²) in [6.07, 6.45) is 1.52. The molecular weight excluding hydrogens is 272 g/mol. The number of nitrogens with two attached hydrogens (primary N) is 1.